The molecule has 0 fully saturated rings. The maximum Gasteiger partial charge on any atom is 0.248 e. The molecule has 10 heteroatoms. The van der Waals surface area contributed by atoms with Gasteiger partial charge in [0.05, 0.1) is 23.6 Å². The first-order valence-corrected chi connectivity index (χ1v) is 12.3. The van der Waals surface area contributed by atoms with Crippen LogP contribution >= 0.6 is 0 Å². The number of aliphatic imine (C=N–C) groups is 1. The average Bonchev–Trinajstić information content (AvgIpc) is 3.27. The summed E-state index contributed by atoms with van der Waals surface area (Å²) in [4.78, 5) is 20.6. The average molecular weight is 484 g/mol. The number of amidine groups is 1. The maximum absolute atomic E-state index is 12.7. The summed E-state index contributed by atoms with van der Waals surface area (Å²) < 4.78 is 32.0. The number of hydrogen-bond acceptors (Lipinski definition) is 7. The van der Waals surface area contributed by atoms with Gasteiger partial charge in [-0.15, -0.1) is 0 Å². The van der Waals surface area contributed by atoms with Gasteiger partial charge in [0.25, 0.3) is 0 Å². The van der Waals surface area contributed by atoms with Crippen LogP contribution in [0.25, 0.3) is 0 Å². The maximum atomic E-state index is 12.7. The summed E-state index contributed by atoms with van der Waals surface area (Å²) in [5, 5.41) is 9.16. The van der Waals surface area contributed by atoms with Gasteiger partial charge in [-0.05, 0) is 17.7 Å². The Morgan fingerprint density at radius 1 is 1.18 bits per heavy atom. The van der Waals surface area contributed by atoms with Crippen LogP contribution in [0, 0.1) is 11.3 Å². The van der Waals surface area contributed by atoms with Gasteiger partial charge in [-0.3, -0.25) is 9.79 Å². The number of carbonyl (C=O) groups excluding carboxylic acids is 1. The molecule has 0 N–H and O–H groups in total. The summed E-state index contributed by atoms with van der Waals surface area (Å²) in [6, 6.07) is 15.9. The predicted octanol–water partition coefficient (Wildman–Crippen LogP) is 1.55. The summed E-state index contributed by atoms with van der Waals surface area (Å²) in [6.07, 6.45) is 0. The third-order valence-electron chi connectivity index (χ3n) is 5.59. The Balaban J connectivity index is 1.45. The SMILES string of the molecule is CN(Cc1ccc(C2=NCCN2C)cc1)C(=O)COCCN(C)S(=O)(=O)c1ccccc1C#N. The molecule has 9 nitrogen and oxygen atoms in total. The Morgan fingerprint density at radius 2 is 1.88 bits per heavy atom. The van der Waals surface area contributed by atoms with Gasteiger partial charge >= 0.3 is 0 Å². The summed E-state index contributed by atoms with van der Waals surface area (Å²) in [5.41, 5.74) is 2.13. The Morgan fingerprint density at radius 3 is 2.53 bits per heavy atom. The molecule has 2 aromatic carbocycles. The fraction of sp³-hybridized carbons (Fsp3) is 0.375. The lowest BCUT2D eigenvalue weighted by Crippen LogP contribution is -2.33. The molecular weight excluding hydrogens is 454 g/mol. The molecule has 3 rings (SSSR count). The molecule has 0 aromatic heterocycles. The van der Waals surface area contributed by atoms with E-state index in [0.717, 1.165) is 34.4 Å². The summed E-state index contributed by atoms with van der Waals surface area (Å²) in [5.74, 6) is 0.775. The van der Waals surface area contributed by atoms with E-state index >= 15 is 0 Å². The lowest BCUT2D eigenvalue weighted by Gasteiger charge is -2.20. The first kappa shape index (κ1) is 25.4. The molecule has 0 saturated heterocycles. The third-order valence-corrected chi connectivity index (χ3v) is 7.50. The number of hydrogen-bond donors (Lipinski definition) is 0. The lowest BCUT2D eigenvalue weighted by molar-refractivity contribution is -0.135. The number of carbonyl (C=O) groups is 1. The van der Waals surface area contributed by atoms with Crippen molar-refractivity contribution in [3.05, 3.63) is 65.2 Å². The summed E-state index contributed by atoms with van der Waals surface area (Å²) in [6.45, 7) is 2.11. The molecule has 180 valence electrons. The number of ether oxygens (including phenoxy) is 1. The van der Waals surface area contributed by atoms with Gasteiger partial charge in [-0.1, -0.05) is 36.4 Å². The van der Waals surface area contributed by atoms with Crippen LogP contribution in [0.2, 0.25) is 0 Å². The van der Waals surface area contributed by atoms with Crippen molar-refractivity contribution in [1.29, 1.82) is 5.26 Å². The van der Waals surface area contributed by atoms with Crippen LogP contribution in [-0.2, 0) is 26.1 Å². The van der Waals surface area contributed by atoms with E-state index in [0.29, 0.717) is 6.54 Å². The van der Waals surface area contributed by atoms with E-state index in [1.54, 1.807) is 24.1 Å². The molecule has 0 atom stereocenters. The highest BCUT2D eigenvalue weighted by Crippen LogP contribution is 2.18. The fourth-order valence-corrected chi connectivity index (χ4v) is 4.79. The first-order valence-electron chi connectivity index (χ1n) is 10.9. The minimum atomic E-state index is -3.83. The van der Waals surface area contributed by atoms with E-state index in [2.05, 4.69) is 9.89 Å². The van der Waals surface area contributed by atoms with Gasteiger partial charge in [0.1, 0.15) is 18.5 Å². The molecule has 0 unspecified atom stereocenters. The fourth-order valence-electron chi connectivity index (χ4n) is 3.50. The highest BCUT2D eigenvalue weighted by Gasteiger charge is 2.23. The molecule has 1 heterocycles. The monoisotopic (exact) mass is 483 g/mol. The summed E-state index contributed by atoms with van der Waals surface area (Å²) in [7, 11) is 1.30. The molecule has 34 heavy (non-hydrogen) atoms. The smallest absolute Gasteiger partial charge is 0.248 e. The molecule has 2 aromatic rings. The molecule has 1 aliphatic rings. The summed E-state index contributed by atoms with van der Waals surface area (Å²) >= 11 is 0. The van der Waals surface area contributed by atoms with Crippen molar-refractivity contribution >= 4 is 21.8 Å². The van der Waals surface area contributed by atoms with Gasteiger partial charge in [0, 0.05) is 46.3 Å². The van der Waals surface area contributed by atoms with Crippen LogP contribution in [0.15, 0.2) is 58.4 Å². The second-order valence-corrected chi connectivity index (χ2v) is 10.1. The van der Waals surface area contributed by atoms with Crippen molar-refractivity contribution < 1.29 is 17.9 Å². The number of likely N-dealkylation sites (N-methyl/N-ethyl adjacent to an activating group) is 3. The van der Waals surface area contributed by atoms with E-state index in [-0.39, 0.29) is 36.1 Å². The van der Waals surface area contributed by atoms with E-state index in [9.17, 15) is 13.2 Å². The van der Waals surface area contributed by atoms with Crippen molar-refractivity contribution in [2.45, 2.75) is 11.4 Å². The van der Waals surface area contributed by atoms with Crippen molar-refractivity contribution in [2.75, 3.05) is 54.0 Å². The van der Waals surface area contributed by atoms with Crippen molar-refractivity contribution in [1.82, 2.24) is 14.1 Å². The normalized spacial score (nSPS) is 13.6. The van der Waals surface area contributed by atoms with Crippen LogP contribution in [0.5, 0.6) is 0 Å². The van der Waals surface area contributed by atoms with Crippen molar-refractivity contribution in [2.24, 2.45) is 4.99 Å². The molecule has 0 radical (unpaired) electrons. The number of sulfonamides is 1. The van der Waals surface area contributed by atoms with E-state index in [1.165, 1.54) is 19.2 Å². The number of nitrogens with zero attached hydrogens (tertiary/aromatic N) is 5. The van der Waals surface area contributed by atoms with Crippen LogP contribution in [0.4, 0.5) is 0 Å². The minimum absolute atomic E-state index is 0.0477. The number of nitriles is 1. The zero-order valence-corrected chi connectivity index (χ0v) is 20.5. The van der Waals surface area contributed by atoms with Crippen molar-refractivity contribution in [3.8, 4) is 6.07 Å². The topological polar surface area (TPSA) is 106 Å². The number of rotatable bonds is 10. The number of benzene rings is 2. The van der Waals surface area contributed by atoms with Crippen LogP contribution < -0.4 is 0 Å². The van der Waals surface area contributed by atoms with Gasteiger partial charge < -0.3 is 14.5 Å². The molecular formula is C24H29N5O4S. The first-order chi connectivity index (χ1) is 16.2. The Labute approximate surface area is 200 Å². The molecule has 0 spiro atoms. The predicted molar refractivity (Wildman–Crippen MR) is 129 cm³/mol. The zero-order valence-electron chi connectivity index (χ0n) is 19.6. The Hall–Kier alpha value is -3.26. The second kappa shape index (κ2) is 11.2. The highest BCUT2D eigenvalue weighted by molar-refractivity contribution is 7.89. The van der Waals surface area contributed by atoms with Crippen LogP contribution in [-0.4, -0.2) is 88.3 Å². The standard InChI is InChI=1S/C24H29N5O4S/c1-27-13-12-26-24(27)20-10-8-19(9-11-20)17-28(2)23(30)18-33-15-14-29(3)34(31,32)22-7-5-4-6-21(22)16-25/h4-11H,12-15,17-18H2,1-3H3. The van der Waals surface area contributed by atoms with Gasteiger partial charge in [0.15, 0.2) is 0 Å². The Kier molecular flexibility index (Phi) is 8.39. The zero-order chi connectivity index (χ0) is 24.7. The van der Waals surface area contributed by atoms with E-state index in [1.807, 2.05) is 37.4 Å². The highest BCUT2D eigenvalue weighted by atomic mass is 32.2. The van der Waals surface area contributed by atoms with Crippen LogP contribution in [0.3, 0.4) is 0 Å². The van der Waals surface area contributed by atoms with E-state index < -0.39 is 10.0 Å². The lowest BCUT2D eigenvalue weighted by atomic mass is 10.1. The van der Waals surface area contributed by atoms with Crippen LogP contribution in [0.1, 0.15) is 16.7 Å². The van der Waals surface area contributed by atoms with E-state index in [4.69, 9.17) is 10.00 Å². The number of amides is 1. The van der Waals surface area contributed by atoms with Gasteiger partial charge in [-0.25, -0.2) is 8.42 Å². The van der Waals surface area contributed by atoms with Crippen molar-refractivity contribution in [3.63, 3.8) is 0 Å². The largest absolute Gasteiger partial charge is 0.370 e. The molecule has 1 amide bonds. The molecule has 0 bridgehead atoms. The van der Waals surface area contributed by atoms with Gasteiger partial charge in [-0.2, -0.15) is 9.57 Å². The molecule has 1 aliphatic heterocycles. The third kappa shape index (κ3) is 5.99. The van der Waals surface area contributed by atoms with Gasteiger partial charge in [0.2, 0.25) is 15.9 Å². The minimum Gasteiger partial charge on any atom is -0.370 e. The Bertz CT molecular complexity index is 1190. The molecule has 0 saturated carbocycles. The quantitative estimate of drug-likeness (QED) is 0.475. The molecule has 0 aliphatic carbocycles. The second-order valence-electron chi connectivity index (χ2n) is 8.06.